The number of hydrogen-bond donors (Lipinski definition) is 1. The lowest BCUT2D eigenvalue weighted by Crippen LogP contribution is -2.42. The van der Waals surface area contributed by atoms with E-state index in [1.807, 2.05) is 37.3 Å². The average Bonchev–Trinajstić information content (AvgIpc) is 2.94. The number of aromatic nitrogens is 1. The zero-order valence-corrected chi connectivity index (χ0v) is 14.5. The second kappa shape index (κ2) is 7.32. The number of amides is 1. The highest BCUT2D eigenvalue weighted by molar-refractivity contribution is 7.07. The van der Waals surface area contributed by atoms with Crippen LogP contribution in [0.15, 0.2) is 40.5 Å². The van der Waals surface area contributed by atoms with Crippen molar-refractivity contribution in [3.05, 3.63) is 56.6 Å². The smallest absolute Gasteiger partial charge is 0.307 e. The molecule has 2 aromatic rings. The van der Waals surface area contributed by atoms with Gasteiger partial charge < -0.3 is 10.0 Å². The first-order chi connectivity index (χ1) is 11.6. The number of carbonyl (C=O) groups excluding carboxylic acids is 1. The van der Waals surface area contributed by atoms with Crippen LogP contribution in [-0.2, 0) is 11.3 Å². The third kappa shape index (κ3) is 3.60. The predicted octanol–water partition coefficient (Wildman–Crippen LogP) is 2.19. The Hall–Kier alpha value is -1.92. The SMILES string of the molecule is Cc1csc(=O)n1CC(=O)N1CCC(C(O)c2ccccc2)CC1. The number of nitrogens with zero attached hydrogens (tertiary/aromatic N) is 2. The number of aliphatic hydroxyl groups is 1. The number of aliphatic hydroxyl groups excluding tert-OH is 1. The number of piperidine rings is 1. The molecule has 128 valence electrons. The van der Waals surface area contributed by atoms with Crippen molar-refractivity contribution in [3.63, 3.8) is 0 Å². The van der Waals surface area contributed by atoms with E-state index in [2.05, 4.69) is 0 Å². The van der Waals surface area contributed by atoms with Crippen molar-refractivity contribution in [1.29, 1.82) is 0 Å². The van der Waals surface area contributed by atoms with Crippen LogP contribution >= 0.6 is 11.3 Å². The molecule has 1 saturated heterocycles. The fourth-order valence-corrected chi connectivity index (χ4v) is 3.95. The maximum absolute atomic E-state index is 12.4. The van der Waals surface area contributed by atoms with Gasteiger partial charge in [0.1, 0.15) is 6.54 Å². The van der Waals surface area contributed by atoms with E-state index in [1.54, 1.807) is 10.3 Å². The zero-order chi connectivity index (χ0) is 17.1. The van der Waals surface area contributed by atoms with E-state index in [1.165, 1.54) is 4.57 Å². The van der Waals surface area contributed by atoms with Crippen molar-refractivity contribution < 1.29 is 9.90 Å². The molecule has 1 fully saturated rings. The molecular weight excluding hydrogens is 324 g/mol. The Morgan fingerprint density at radius 3 is 2.54 bits per heavy atom. The molecule has 0 bridgehead atoms. The Balaban J connectivity index is 1.57. The van der Waals surface area contributed by atoms with Crippen molar-refractivity contribution in [2.24, 2.45) is 5.92 Å². The maximum Gasteiger partial charge on any atom is 0.307 e. The van der Waals surface area contributed by atoms with Crippen LogP contribution in [0.25, 0.3) is 0 Å². The molecule has 1 amide bonds. The maximum atomic E-state index is 12.4. The van der Waals surface area contributed by atoms with Crippen molar-refractivity contribution in [1.82, 2.24) is 9.47 Å². The second-order valence-corrected chi connectivity index (χ2v) is 7.12. The standard InChI is InChI=1S/C18H22N2O3S/c1-13-12-24-18(23)20(13)11-16(21)19-9-7-15(8-10-19)17(22)14-5-3-2-4-6-14/h2-6,12,15,17,22H,7-11H2,1H3. The number of thiazole rings is 1. The summed E-state index contributed by atoms with van der Waals surface area (Å²) >= 11 is 1.13. The fraction of sp³-hybridized carbons (Fsp3) is 0.444. The summed E-state index contributed by atoms with van der Waals surface area (Å²) in [5.41, 5.74) is 1.76. The molecule has 0 radical (unpaired) electrons. The van der Waals surface area contributed by atoms with Crippen LogP contribution in [0.5, 0.6) is 0 Å². The van der Waals surface area contributed by atoms with Gasteiger partial charge in [0.2, 0.25) is 5.91 Å². The molecule has 0 aliphatic carbocycles. The summed E-state index contributed by atoms with van der Waals surface area (Å²) in [5.74, 6) is 0.147. The lowest BCUT2D eigenvalue weighted by Gasteiger charge is -2.34. The molecule has 1 N–H and O–H groups in total. The highest BCUT2D eigenvalue weighted by Crippen LogP contribution is 2.30. The monoisotopic (exact) mass is 346 g/mol. The van der Waals surface area contributed by atoms with Gasteiger partial charge in [-0.3, -0.25) is 14.2 Å². The molecule has 3 rings (SSSR count). The summed E-state index contributed by atoms with van der Waals surface area (Å²) in [6.45, 7) is 3.21. The molecule has 24 heavy (non-hydrogen) atoms. The van der Waals surface area contributed by atoms with E-state index >= 15 is 0 Å². The number of likely N-dealkylation sites (tertiary alicyclic amines) is 1. The molecule has 2 heterocycles. The lowest BCUT2D eigenvalue weighted by molar-refractivity contribution is -0.133. The van der Waals surface area contributed by atoms with Crippen molar-refractivity contribution in [2.45, 2.75) is 32.4 Å². The Morgan fingerprint density at radius 1 is 1.29 bits per heavy atom. The first kappa shape index (κ1) is 16.9. The minimum atomic E-state index is -0.481. The van der Waals surface area contributed by atoms with Crippen LogP contribution in [0.3, 0.4) is 0 Å². The Kier molecular flexibility index (Phi) is 5.16. The first-order valence-corrected chi connectivity index (χ1v) is 9.10. The van der Waals surface area contributed by atoms with Gasteiger partial charge in [0.15, 0.2) is 0 Å². The van der Waals surface area contributed by atoms with Crippen LogP contribution in [0, 0.1) is 12.8 Å². The number of hydrogen-bond acceptors (Lipinski definition) is 4. The number of carbonyl (C=O) groups is 1. The molecule has 6 heteroatoms. The van der Waals surface area contributed by atoms with E-state index in [4.69, 9.17) is 0 Å². The Morgan fingerprint density at radius 2 is 1.96 bits per heavy atom. The van der Waals surface area contributed by atoms with Gasteiger partial charge in [-0.2, -0.15) is 0 Å². The van der Waals surface area contributed by atoms with E-state index in [-0.39, 0.29) is 23.2 Å². The molecule has 1 atom stereocenters. The van der Waals surface area contributed by atoms with Gasteiger partial charge in [-0.25, -0.2) is 0 Å². The Labute approximate surface area is 145 Å². The van der Waals surface area contributed by atoms with Gasteiger partial charge in [-0.15, -0.1) is 0 Å². The third-order valence-electron chi connectivity index (χ3n) is 4.75. The summed E-state index contributed by atoms with van der Waals surface area (Å²) in [5, 5.41) is 12.3. The quantitative estimate of drug-likeness (QED) is 0.923. The summed E-state index contributed by atoms with van der Waals surface area (Å²) < 4.78 is 1.53. The van der Waals surface area contributed by atoms with Crippen molar-refractivity contribution in [2.75, 3.05) is 13.1 Å². The van der Waals surface area contributed by atoms with Crippen LogP contribution in [0.4, 0.5) is 0 Å². The summed E-state index contributed by atoms with van der Waals surface area (Å²) in [6, 6.07) is 9.67. The van der Waals surface area contributed by atoms with E-state index < -0.39 is 6.10 Å². The molecule has 1 unspecified atom stereocenters. The minimum absolute atomic E-state index is 0.0220. The summed E-state index contributed by atoms with van der Waals surface area (Å²) in [6.07, 6.45) is 1.07. The predicted molar refractivity (Wildman–Crippen MR) is 94.0 cm³/mol. The van der Waals surface area contributed by atoms with Crippen LogP contribution < -0.4 is 4.87 Å². The molecule has 0 saturated carbocycles. The highest BCUT2D eigenvalue weighted by atomic mass is 32.1. The summed E-state index contributed by atoms with van der Waals surface area (Å²) in [7, 11) is 0. The van der Waals surface area contributed by atoms with Gasteiger partial charge in [-0.1, -0.05) is 41.7 Å². The molecular formula is C18H22N2O3S. The van der Waals surface area contributed by atoms with Crippen LogP contribution in [0.1, 0.15) is 30.2 Å². The van der Waals surface area contributed by atoms with Crippen LogP contribution in [0.2, 0.25) is 0 Å². The average molecular weight is 346 g/mol. The van der Waals surface area contributed by atoms with Gasteiger partial charge in [-0.05, 0) is 31.2 Å². The minimum Gasteiger partial charge on any atom is -0.388 e. The first-order valence-electron chi connectivity index (χ1n) is 8.22. The molecule has 1 aliphatic rings. The fourth-order valence-electron chi connectivity index (χ4n) is 3.22. The normalized spacial score (nSPS) is 17.0. The molecule has 1 aromatic heterocycles. The second-order valence-electron chi connectivity index (χ2n) is 6.30. The van der Waals surface area contributed by atoms with Gasteiger partial charge in [0, 0.05) is 24.2 Å². The third-order valence-corrected chi connectivity index (χ3v) is 5.63. The van der Waals surface area contributed by atoms with Gasteiger partial charge in [0.25, 0.3) is 0 Å². The lowest BCUT2D eigenvalue weighted by atomic mass is 9.87. The number of benzene rings is 1. The zero-order valence-electron chi connectivity index (χ0n) is 13.7. The highest BCUT2D eigenvalue weighted by Gasteiger charge is 2.28. The number of aryl methyl sites for hydroxylation is 1. The molecule has 1 aliphatic heterocycles. The van der Waals surface area contributed by atoms with Crippen LogP contribution in [-0.4, -0.2) is 33.6 Å². The molecule has 5 nitrogen and oxygen atoms in total. The topological polar surface area (TPSA) is 62.5 Å². The van der Waals surface area contributed by atoms with Crippen molar-refractivity contribution in [3.8, 4) is 0 Å². The van der Waals surface area contributed by atoms with Gasteiger partial charge in [0.05, 0.1) is 6.10 Å². The van der Waals surface area contributed by atoms with Crippen molar-refractivity contribution >= 4 is 17.2 Å². The van der Waals surface area contributed by atoms with E-state index in [0.717, 1.165) is 35.4 Å². The van der Waals surface area contributed by atoms with E-state index in [0.29, 0.717) is 13.1 Å². The van der Waals surface area contributed by atoms with E-state index in [9.17, 15) is 14.7 Å². The largest absolute Gasteiger partial charge is 0.388 e. The molecule has 1 aromatic carbocycles. The summed E-state index contributed by atoms with van der Waals surface area (Å²) in [4.78, 5) is 25.9. The number of rotatable bonds is 4. The Bertz CT molecular complexity index is 745. The van der Waals surface area contributed by atoms with Gasteiger partial charge >= 0.3 is 4.87 Å². The molecule has 0 spiro atoms.